The molecule has 1 saturated heterocycles. The normalized spacial score (nSPS) is 42.1. The summed E-state index contributed by atoms with van der Waals surface area (Å²) in [6.45, 7) is 2.66. The Kier molecular flexibility index (Phi) is 2.55. The van der Waals surface area contributed by atoms with Crippen LogP contribution in [0.15, 0.2) is 0 Å². The van der Waals surface area contributed by atoms with Gasteiger partial charge in [0, 0.05) is 12.3 Å². The molecule has 84 valence electrons. The third kappa shape index (κ3) is 1.63. The van der Waals surface area contributed by atoms with Crippen LogP contribution in [-0.4, -0.2) is 24.9 Å². The Morgan fingerprint density at radius 3 is 2.47 bits per heavy atom. The molecule has 1 N–H and O–H groups in total. The van der Waals surface area contributed by atoms with Gasteiger partial charge < -0.3 is 4.90 Å². The summed E-state index contributed by atoms with van der Waals surface area (Å²) in [5.41, 5.74) is 0. The molecular formula is C13H22NO+. The van der Waals surface area contributed by atoms with E-state index in [1.54, 1.807) is 4.90 Å². The van der Waals surface area contributed by atoms with E-state index in [2.05, 4.69) is 0 Å². The van der Waals surface area contributed by atoms with Crippen LogP contribution >= 0.6 is 0 Å². The predicted molar refractivity (Wildman–Crippen MR) is 58.8 cm³/mol. The van der Waals surface area contributed by atoms with Crippen LogP contribution < -0.4 is 4.90 Å². The van der Waals surface area contributed by atoms with Crippen molar-refractivity contribution in [3.8, 4) is 0 Å². The molecule has 0 aromatic carbocycles. The first-order valence-corrected chi connectivity index (χ1v) is 6.74. The Hall–Kier alpha value is -0.370. The largest absolute Gasteiger partial charge is 0.332 e. The number of fused-ring (bicyclic) bond motifs is 2. The molecule has 0 unspecified atom stereocenters. The number of ketones is 1. The molecular weight excluding hydrogens is 186 g/mol. The van der Waals surface area contributed by atoms with Crippen molar-refractivity contribution in [1.82, 2.24) is 0 Å². The fraction of sp³-hybridized carbons (Fsp3) is 0.923. The van der Waals surface area contributed by atoms with Crippen molar-refractivity contribution in [1.29, 1.82) is 0 Å². The highest BCUT2D eigenvalue weighted by Gasteiger charge is 2.47. The molecule has 3 aliphatic rings. The highest BCUT2D eigenvalue weighted by molar-refractivity contribution is 5.86. The maximum atomic E-state index is 12.0. The molecule has 3 rings (SSSR count). The van der Waals surface area contributed by atoms with E-state index in [9.17, 15) is 4.79 Å². The zero-order valence-corrected chi connectivity index (χ0v) is 9.50. The van der Waals surface area contributed by atoms with Crippen LogP contribution in [-0.2, 0) is 4.79 Å². The van der Waals surface area contributed by atoms with Gasteiger partial charge in [-0.2, -0.15) is 0 Å². The maximum Gasteiger partial charge on any atom is 0.144 e. The molecule has 2 aliphatic carbocycles. The van der Waals surface area contributed by atoms with Crippen molar-refractivity contribution in [3.05, 3.63) is 0 Å². The van der Waals surface area contributed by atoms with Gasteiger partial charge in [0.15, 0.2) is 0 Å². The number of carbonyl (C=O) groups excluding carboxylic acids is 1. The monoisotopic (exact) mass is 208 g/mol. The van der Waals surface area contributed by atoms with E-state index < -0.39 is 0 Å². The smallest absolute Gasteiger partial charge is 0.144 e. The standard InChI is InChI=1S/C13H21NO/c15-13-10-4-6-11(13)12(7-5-10)14-8-2-1-3-9-14/h10-12H,1-9H2/p+1/t10-,11+,12-/m1/s1. The van der Waals surface area contributed by atoms with Crippen molar-refractivity contribution in [2.75, 3.05) is 13.1 Å². The molecule has 2 heteroatoms. The van der Waals surface area contributed by atoms with Gasteiger partial charge in [0.05, 0.1) is 25.0 Å². The molecule has 0 aromatic rings. The number of Topliss-reactive ketones (excluding diaryl/α,β-unsaturated/α-hetero) is 1. The van der Waals surface area contributed by atoms with Gasteiger partial charge in [-0.3, -0.25) is 4.79 Å². The highest BCUT2D eigenvalue weighted by atomic mass is 16.1. The van der Waals surface area contributed by atoms with E-state index in [0.29, 0.717) is 23.7 Å². The predicted octanol–water partition coefficient (Wildman–Crippen LogP) is 0.813. The molecule has 0 spiro atoms. The van der Waals surface area contributed by atoms with Gasteiger partial charge in [-0.1, -0.05) is 0 Å². The molecule has 0 aromatic heterocycles. The van der Waals surface area contributed by atoms with E-state index >= 15 is 0 Å². The van der Waals surface area contributed by atoms with Gasteiger partial charge in [-0.25, -0.2) is 0 Å². The lowest BCUT2D eigenvalue weighted by atomic mass is 9.82. The number of piperidine rings is 1. The number of quaternary nitrogens is 1. The van der Waals surface area contributed by atoms with Crippen molar-refractivity contribution in [2.45, 2.75) is 51.0 Å². The van der Waals surface area contributed by atoms with Crippen LogP contribution in [0.25, 0.3) is 0 Å². The van der Waals surface area contributed by atoms with Crippen LogP contribution in [0.2, 0.25) is 0 Å². The molecule has 1 heterocycles. The number of carbonyl (C=O) groups is 1. The fourth-order valence-electron chi connectivity index (χ4n) is 4.10. The lowest BCUT2D eigenvalue weighted by Gasteiger charge is -2.36. The van der Waals surface area contributed by atoms with Crippen molar-refractivity contribution < 1.29 is 9.69 Å². The zero-order valence-electron chi connectivity index (χ0n) is 9.50. The van der Waals surface area contributed by atoms with Crippen molar-refractivity contribution >= 4 is 5.78 Å². The summed E-state index contributed by atoms with van der Waals surface area (Å²) in [6, 6.07) is 0.705. The van der Waals surface area contributed by atoms with Gasteiger partial charge in [0.1, 0.15) is 5.78 Å². The summed E-state index contributed by atoms with van der Waals surface area (Å²) in [4.78, 5) is 13.8. The molecule has 2 bridgehead atoms. The highest BCUT2D eigenvalue weighted by Crippen LogP contribution is 2.38. The Labute approximate surface area is 92.0 Å². The van der Waals surface area contributed by atoms with Crippen molar-refractivity contribution in [2.24, 2.45) is 11.8 Å². The fourth-order valence-corrected chi connectivity index (χ4v) is 4.10. The second kappa shape index (κ2) is 3.89. The molecule has 3 fully saturated rings. The maximum absolute atomic E-state index is 12.0. The third-order valence-corrected chi connectivity index (χ3v) is 4.93. The molecule has 3 atom stereocenters. The minimum Gasteiger partial charge on any atom is -0.332 e. The second-order valence-corrected chi connectivity index (χ2v) is 5.69. The first kappa shape index (κ1) is 9.83. The average molecular weight is 208 g/mol. The van der Waals surface area contributed by atoms with Crippen LogP contribution in [0.4, 0.5) is 0 Å². The summed E-state index contributed by atoms with van der Waals surface area (Å²) in [7, 11) is 0. The lowest BCUT2D eigenvalue weighted by molar-refractivity contribution is -0.933. The minimum atomic E-state index is 0.455. The average Bonchev–Trinajstić information content (AvgIpc) is 2.54. The van der Waals surface area contributed by atoms with Gasteiger partial charge in [-0.15, -0.1) is 0 Å². The first-order valence-electron chi connectivity index (χ1n) is 6.74. The van der Waals surface area contributed by atoms with Crippen molar-refractivity contribution in [3.63, 3.8) is 0 Å². The Balaban J connectivity index is 1.72. The summed E-state index contributed by atoms with van der Waals surface area (Å²) < 4.78 is 0. The number of hydrogen-bond donors (Lipinski definition) is 1. The Morgan fingerprint density at radius 1 is 0.933 bits per heavy atom. The second-order valence-electron chi connectivity index (χ2n) is 5.69. The number of nitrogens with one attached hydrogen (secondary N) is 1. The SMILES string of the molecule is O=C1[C@@H]2CC[C@H]1[C@H]([NH+]1CCCCC1)CC2. The van der Waals surface area contributed by atoms with Crippen LogP contribution in [0, 0.1) is 11.8 Å². The Morgan fingerprint density at radius 2 is 1.67 bits per heavy atom. The lowest BCUT2D eigenvalue weighted by Crippen LogP contribution is -3.17. The molecule has 2 nitrogen and oxygen atoms in total. The van der Waals surface area contributed by atoms with E-state index in [4.69, 9.17) is 0 Å². The minimum absolute atomic E-state index is 0.455. The summed E-state index contributed by atoms with van der Waals surface area (Å²) in [6.07, 6.45) is 9.12. The van der Waals surface area contributed by atoms with E-state index in [-0.39, 0.29) is 0 Å². The number of likely N-dealkylation sites (tertiary alicyclic amines) is 1. The molecule has 0 radical (unpaired) electrons. The summed E-state index contributed by atoms with van der Waals surface area (Å²) in [5.74, 6) is 1.55. The quantitative estimate of drug-likeness (QED) is 0.677. The zero-order chi connectivity index (χ0) is 10.3. The van der Waals surface area contributed by atoms with Crippen LogP contribution in [0.5, 0.6) is 0 Å². The topological polar surface area (TPSA) is 21.5 Å². The van der Waals surface area contributed by atoms with Gasteiger partial charge >= 0.3 is 0 Å². The van der Waals surface area contributed by atoms with E-state index in [1.807, 2.05) is 0 Å². The van der Waals surface area contributed by atoms with Gasteiger partial charge in [-0.05, 0) is 38.5 Å². The van der Waals surface area contributed by atoms with Crippen LogP contribution in [0.1, 0.15) is 44.9 Å². The molecule has 15 heavy (non-hydrogen) atoms. The summed E-state index contributed by atoms with van der Waals surface area (Å²) in [5, 5.41) is 0. The van der Waals surface area contributed by atoms with Gasteiger partial charge in [0.2, 0.25) is 0 Å². The van der Waals surface area contributed by atoms with E-state index in [1.165, 1.54) is 58.0 Å². The summed E-state index contributed by atoms with van der Waals surface area (Å²) >= 11 is 0. The van der Waals surface area contributed by atoms with Gasteiger partial charge in [0.25, 0.3) is 0 Å². The molecule has 2 saturated carbocycles. The first-order chi connectivity index (χ1) is 7.36. The van der Waals surface area contributed by atoms with Crippen LogP contribution in [0.3, 0.4) is 0 Å². The van der Waals surface area contributed by atoms with E-state index in [0.717, 1.165) is 0 Å². The third-order valence-electron chi connectivity index (χ3n) is 4.93. The molecule has 0 amide bonds. The Bertz CT molecular complexity index is 257. The number of hydrogen-bond acceptors (Lipinski definition) is 1. The molecule has 1 aliphatic heterocycles. The number of rotatable bonds is 1.